The largest absolute Gasteiger partial charge is 0.370 e. The molecule has 0 aliphatic carbocycles. The smallest absolute Gasteiger partial charge is 0.188 e. The topological polar surface area (TPSA) is 68.2 Å². The van der Waals surface area contributed by atoms with Crippen LogP contribution in [0, 0.1) is 5.92 Å². The Labute approximate surface area is 146 Å². The summed E-state index contributed by atoms with van der Waals surface area (Å²) in [6.45, 7) is 4.53. The molecule has 5 nitrogen and oxygen atoms in total. The summed E-state index contributed by atoms with van der Waals surface area (Å²) in [7, 11) is 0. The summed E-state index contributed by atoms with van der Waals surface area (Å²) in [4.78, 5) is 5.73. The van der Waals surface area contributed by atoms with Crippen LogP contribution in [-0.4, -0.2) is 28.8 Å². The van der Waals surface area contributed by atoms with Crippen molar-refractivity contribution in [3.8, 4) is 0 Å². The van der Waals surface area contributed by atoms with Crippen molar-refractivity contribution in [3.63, 3.8) is 0 Å². The molecule has 1 unspecified atom stereocenters. The number of rotatable bonds is 7. The Morgan fingerprint density at radius 2 is 2.38 bits per heavy atom. The SMILES string of the molecule is CC(CN=C(N)NCCc1cccs1)Cn1cccn1.I. The fourth-order valence-electron chi connectivity index (χ4n) is 1.86. The molecule has 116 valence electrons. The van der Waals surface area contributed by atoms with Crippen LogP contribution in [0.3, 0.4) is 0 Å². The van der Waals surface area contributed by atoms with Crippen molar-refractivity contribution in [2.75, 3.05) is 13.1 Å². The van der Waals surface area contributed by atoms with Crippen LogP contribution in [-0.2, 0) is 13.0 Å². The van der Waals surface area contributed by atoms with E-state index in [4.69, 9.17) is 5.73 Å². The van der Waals surface area contributed by atoms with E-state index in [1.807, 2.05) is 16.9 Å². The maximum absolute atomic E-state index is 5.85. The number of thiophene rings is 1. The Kier molecular flexibility index (Phi) is 8.36. The number of nitrogens with two attached hydrogens (primary N) is 1. The van der Waals surface area contributed by atoms with Gasteiger partial charge in [0.15, 0.2) is 5.96 Å². The van der Waals surface area contributed by atoms with Gasteiger partial charge in [-0.2, -0.15) is 5.10 Å². The lowest BCUT2D eigenvalue weighted by Gasteiger charge is -2.10. The van der Waals surface area contributed by atoms with Crippen LogP contribution in [0.15, 0.2) is 41.0 Å². The summed E-state index contributed by atoms with van der Waals surface area (Å²) >= 11 is 1.76. The molecule has 0 radical (unpaired) electrons. The molecule has 0 saturated heterocycles. The molecule has 0 amide bonds. The number of aliphatic imine (C=N–C) groups is 1. The van der Waals surface area contributed by atoms with E-state index in [0.29, 0.717) is 18.4 Å². The van der Waals surface area contributed by atoms with Gasteiger partial charge in [-0.05, 0) is 29.9 Å². The molecule has 2 heterocycles. The third-order valence-electron chi connectivity index (χ3n) is 2.89. The molecule has 3 N–H and O–H groups in total. The number of nitrogens with zero attached hydrogens (tertiary/aromatic N) is 3. The lowest BCUT2D eigenvalue weighted by molar-refractivity contribution is 0.458. The second kappa shape index (κ2) is 9.78. The highest BCUT2D eigenvalue weighted by atomic mass is 127. The highest BCUT2D eigenvalue weighted by Crippen LogP contribution is 2.07. The van der Waals surface area contributed by atoms with Crippen LogP contribution in [0.5, 0.6) is 0 Å². The van der Waals surface area contributed by atoms with Crippen molar-refractivity contribution in [1.82, 2.24) is 15.1 Å². The van der Waals surface area contributed by atoms with Gasteiger partial charge in [0.05, 0.1) is 0 Å². The molecule has 0 aliphatic heterocycles. The van der Waals surface area contributed by atoms with E-state index < -0.39 is 0 Å². The zero-order chi connectivity index (χ0) is 14.2. The van der Waals surface area contributed by atoms with Crippen molar-refractivity contribution in [1.29, 1.82) is 0 Å². The molecule has 1 atom stereocenters. The van der Waals surface area contributed by atoms with Crippen LogP contribution in [0.4, 0.5) is 0 Å². The molecular weight excluding hydrogens is 397 g/mol. The molecule has 0 aromatic carbocycles. The summed E-state index contributed by atoms with van der Waals surface area (Å²) in [5, 5.41) is 9.42. The molecule has 0 aliphatic rings. The molecule has 2 aromatic heterocycles. The zero-order valence-electron chi connectivity index (χ0n) is 12.1. The zero-order valence-corrected chi connectivity index (χ0v) is 15.3. The molecule has 0 saturated carbocycles. The highest BCUT2D eigenvalue weighted by Gasteiger charge is 2.03. The van der Waals surface area contributed by atoms with Crippen LogP contribution >= 0.6 is 35.3 Å². The number of nitrogens with one attached hydrogen (secondary N) is 1. The van der Waals surface area contributed by atoms with Gasteiger partial charge in [0.2, 0.25) is 0 Å². The lowest BCUT2D eigenvalue weighted by Crippen LogP contribution is -2.33. The van der Waals surface area contributed by atoms with Gasteiger partial charge < -0.3 is 11.1 Å². The summed E-state index contributed by atoms with van der Waals surface area (Å²) in [6, 6.07) is 6.12. The quantitative estimate of drug-likeness (QED) is 0.411. The van der Waals surface area contributed by atoms with Crippen molar-refractivity contribution in [2.24, 2.45) is 16.6 Å². The van der Waals surface area contributed by atoms with E-state index in [9.17, 15) is 0 Å². The van der Waals surface area contributed by atoms with Gasteiger partial charge in [0, 0.05) is 36.9 Å². The van der Waals surface area contributed by atoms with Crippen LogP contribution in [0.25, 0.3) is 0 Å². The number of halogens is 1. The first kappa shape index (κ1) is 18.0. The Morgan fingerprint density at radius 3 is 3.05 bits per heavy atom. The van der Waals surface area contributed by atoms with Gasteiger partial charge >= 0.3 is 0 Å². The average Bonchev–Trinajstić information content (AvgIpc) is 3.09. The fourth-order valence-corrected chi connectivity index (χ4v) is 2.57. The molecule has 0 bridgehead atoms. The number of aromatic nitrogens is 2. The van der Waals surface area contributed by atoms with Crippen molar-refractivity contribution in [2.45, 2.75) is 19.9 Å². The lowest BCUT2D eigenvalue weighted by atomic mass is 10.2. The van der Waals surface area contributed by atoms with E-state index in [0.717, 1.165) is 19.5 Å². The average molecular weight is 419 g/mol. The molecule has 2 aromatic rings. The third-order valence-corrected chi connectivity index (χ3v) is 3.83. The second-order valence-corrected chi connectivity index (χ2v) is 5.85. The maximum atomic E-state index is 5.85. The minimum atomic E-state index is 0. The van der Waals surface area contributed by atoms with Gasteiger partial charge in [0.25, 0.3) is 0 Å². The minimum absolute atomic E-state index is 0. The molecule has 2 rings (SSSR count). The van der Waals surface area contributed by atoms with Crippen molar-refractivity contribution >= 4 is 41.3 Å². The Morgan fingerprint density at radius 1 is 1.52 bits per heavy atom. The van der Waals surface area contributed by atoms with E-state index in [1.165, 1.54) is 4.88 Å². The Balaban J connectivity index is 0.00000220. The first-order valence-electron chi connectivity index (χ1n) is 6.77. The minimum Gasteiger partial charge on any atom is -0.370 e. The van der Waals surface area contributed by atoms with Crippen molar-refractivity contribution in [3.05, 3.63) is 40.8 Å². The Hall–Kier alpha value is -1.09. The number of hydrogen-bond donors (Lipinski definition) is 2. The van der Waals surface area contributed by atoms with Crippen molar-refractivity contribution < 1.29 is 0 Å². The predicted molar refractivity (Wildman–Crippen MR) is 99.3 cm³/mol. The van der Waals surface area contributed by atoms with Gasteiger partial charge in [-0.15, -0.1) is 35.3 Å². The van der Waals surface area contributed by atoms with E-state index in [-0.39, 0.29) is 24.0 Å². The van der Waals surface area contributed by atoms with Crippen LogP contribution in [0.2, 0.25) is 0 Å². The highest BCUT2D eigenvalue weighted by molar-refractivity contribution is 14.0. The van der Waals surface area contributed by atoms with Gasteiger partial charge in [-0.25, -0.2) is 0 Å². The van der Waals surface area contributed by atoms with Crippen LogP contribution in [0.1, 0.15) is 11.8 Å². The van der Waals surface area contributed by atoms with Gasteiger partial charge in [-0.1, -0.05) is 13.0 Å². The molecule has 0 spiro atoms. The monoisotopic (exact) mass is 419 g/mol. The normalized spacial score (nSPS) is 12.7. The van der Waals surface area contributed by atoms with E-state index >= 15 is 0 Å². The summed E-state index contributed by atoms with van der Waals surface area (Å²) in [6.07, 6.45) is 4.73. The first-order chi connectivity index (χ1) is 9.74. The molecule has 21 heavy (non-hydrogen) atoms. The fraction of sp³-hybridized carbons (Fsp3) is 0.429. The third kappa shape index (κ3) is 6.94. The maximum Gasteiger partial charge on any atom is 0.188 e. The molecular formula is C14H22IN5S. The van der Waals surface area contributed by atoms with Gasteiger partial charge in [-0.3, -0.25) is 9.67 Å². The summed E-state index contributed by atoms with van der Waals surface area (Å²) in [5.74, 6) is 0.932. The molecule has 7 heteroatoms. The summed E-state index contributed by atoms with van der Waals surface area (Å²) in [5.41, 5.74) is 5.85. The molecule has 0 fully saturated rings. The first-order valence-corrected chi connectivity index (χ1v) is 7.65. The Bertz CT molecular complexity index is 509. The standard InChI is InChI=1S/C14H21N5S.HI/c1-12(11-19-8-3-6-18-19)10-17-14(15)16-7-5-13-4-2-9-20-13;/h2-4,6,8-9,12H,5,7,10-11H2,1H3,(H3,15,16,17);1H. The van der Waals surface area contributed by atoms with E-state index in [2.05, 4.69) is 39.8 Å². The predicted octanol–water partition coefficient (Wildman–Crippen LogP) is 2.35. The summed E-state index contributed by atoms with van der Waals surface area (Å²) < 4.78 is 1.92. The van der Waals surface area contributed by atoms with E-state index in [1.54, 1.807) is 17.5 Å². The number of guanidine groups is 1. The van der Waals surface area contributed by atoms with Gasteiger partial charge in [0.1, 0.15) is 0 Å². The number of hydrogen-bond acceptors (Lipinski definition) is 3. The van der Waals surface area contributed by atoms with Crippen LogP contribution < -0.4 is 11.1 Å². The second-order valence-electron chi connectivity index (χ2n) is 4.82.